The van der Waals surface area contributed by atoms with Gasteiger partial charge in [0.25, 0.3) is 0 Å². The fourth-order valence-electron chi connectivity index (χ4n) is 3.33. The Morgan fingerprint density at radius 2 is 2.10 bits per heavy atom. The summed E-state index contributed by atoms with van der Waals surface area (Å²) in [7, 11) is 0. The van der Waals surface area contributed by atoms with E-state index in [1.165, 1.54) is 5.54 Å². The fourth-order valence-corrected chi connectivity index (χ4v) is 3.41. The number of carbonyl (C=O) groups excluding carboxylic acids is 2. The minimum atomic E-state index is -0.641. The van der Waals surface area contributed by atoms with Crippen molar-refractivity contribution in [1.29, 1.82) is 0 Å². The fraction of sp³-hybridized carbons (Fsp3) is 0.733. The summed E-state index contributed by atoms with van der Waals surface area (Å²) in [4.78, 5) is 27.1. The first kappa shape index (κ1) is 15.4. The zero-order valence-corrected chi connectivity index (χ0v) is 12.9. The zero-order chi connectivity index (χ0) is 14.8. The Kier molecular flexibility index (Phi) is 4.74. The number of hydrogen-bond acceptors (Lipinski definition) is 2. The number of halogens is 1. The molecule has 2 fully saturated rings. The molecule has 0 aromatic heterocycles. The molecule has 2 atom stereocenters. The Labute approximate surface area is 125 Å². The van der Waals surface area contributed by atoms with Crippen molar-refractivity contribution in [2.75, 3.05) is 6.54 Å². The summed E-state index contributed by atoms with van der Waals surface area (Å²) in [6, 6.07) is -0.401. The van der Waals surface area contributed by atoms with Crippen molar-refractivity contribution < 1.29 is 9.59 Å². The first-order valence-corrected chi connectivity index (χ1v) is 7.88. The van der Waals surface area contributed by atoms with Crippen LogP contribution in [0.2, 0.25) is 0 Å². The third kappa shape index (κ3) is 2.46. The zero-order valence-electron chi connectivity index (χ0n) is 12.2. The van der Waals surface area contributed by atoms with Gasteiger partial charge in [0.2, 0.25) is 11.8 Å². The standard InChI is InChI=1S/C15H23ClN2O2/c1-3-11(2)12-13(19)18(10-6-9-16)15(14(20)17-12)7-4-5-8-15/h6,9,11-12H,3-5,7-8,10H2,1-2H3,(H,17,20)/b9-6+. The van der Waals surface area contributed by atoms with Gasteiger partial charge < -0.3 is 10.2 Å². The van der Waals surface area contributed by atoms with Gasteiger partial charge in [-0.05, 0) is 18.8 Å². The van der Waals surface area contributed by atoms with E-state index >= 15 is 0 Å². The number of rotatable bonds is 4. The summed E-state index contributed by atoms with van der Waals surface area (Å²) in [6.07, 6.45) is 6.11. The smallest absolute Gasteiger partial charge is 0.246 e. The quantitative estimate of drug-likeness (QED) is 0.866. The van der Waals surface area contributed by atoms with Crippen LogP contribution in [0.1, 0.15) is 46.0 Å². The summed E-state index contributed by atoms with van der Waals surface area (Å²) in [6.45, 7) is 4.46. The highest BCUT2D eigenvalue weighted by Gasteiger charge is 2.53. The molecule has 2 amide bonds. The number of piperazine rings is 1. The Morgan fingerprint density at radius 1 is 1.45 bits per heavy atom. The molecule has 0 aromatic carbocycles. The summed E-state index contributed by atoms with van der Waals surface area (Å²) in [5, 5.41) is 2.97. The molecule has 2 rings (SSSR count). The SMILES string of the molecule is CCC(C)C1NC(=O)C2(CCCC2)N(C/C=C/Cl)C1=O. The molecular weight excluding hydrogens is 276 g/mol. The van der Waals surface area contributed by atoms with Crippen LogP contribution in [0, 0.1) is 5.92 Å². The van der Waals surface area contributed by atoms with E-state index in [9.17, 15) is 9.59 Å². The number of hydrogen-bond donors (Lipinski definition) is 1. The second-order valence-electron chi connectivity index (χ2n) is 5.89. The lowest BCUT2D eigenvalue weighted by molar-refractivity contribution is -0.158. The third-order valence-corrected chi connectivity index (χ3v) is 4.96. The van der Waals surface area contributed by atoms with E-state index < -0.39 is 11.6 Å². The number of nitrogens with one attached hydrogen (secondary N) is 1. The van der Waals surface area contributed by atoms with Crippen LogP contribution in [-0.4, -0.2) is 34.8 Å². The molecule has 1 aliphatic carbocycles. The van der Waals surface area contributed by atoms with E-state index in [1.807, 2.05) is 13.8 Å². The maximum atomic E-state index is 12.8. The van der Waals surface area contributed by atoms with Gasteiger partial charge >= 0.3 is 0 Å². The Balaban J connectivity index is 2.31. The third-order valence-electron chi connectivity index (χ3n) is 4.78. The van der Waals surface area contributed by atoms with Crippen molar-refractivity contribution in [3.63, 3.8) is 0 Å². The van der Waals surface area contributed by atoms with E-state index in [0.717, 1.165) is 32.1 Å². The van der Waals surface area contributed by atoms with Crippen LogP contribution in [0.25, 0.3) is 0 Å². The maximum Gasteiger partial charge on any atom is 0.246 e. The lowest BCUT2D eigenvalue weighted by Gasteiger charge is -2.47. The van der Waals surface area contributed by atoms with E-state index in [-0.39, 0.29) is 17.7 Å². The molecule has 1 spiro atoms. The molecule has 112 valence electrons. The molecule has 2 aliphatic rings. The van der Waals surface area contributed by atoms with Crippen LogP contribution < -0.4 is 5.32 Å². The van der Waals surface area contributed by atoms with Gasteiger partial charge in [-0.3, -0.25) is 9.59 Å². The summed E-state index contributed by atoms with van der Waals surface area (Å²) >= 11 is 5.61. The van der Waals surface area contributed by atoms with Crippen molar-refractivity contribution in [3.05, 3.63) is 11.6 Å². The molecule has 1 saturated carbocycles. The maximum absolute atomic E-state index is 12.8. The molecule has 2 unspecified atom stereocenters. The molecular formula is C15H23ClN2O2. The Hall–Kier alpha value is -1.03. The molecule has 1 aliphatic heterocycles. The van der Waals surface area contributed by atoms with Gasteiger partial charge in [-0.25, -0.2) is 0 Å². The van der Waals surface area contributed by atoms with Crippen molar-refractivity contribution in [1.82, 2.24) is 10.2 Å². The normalized spacial score (nSPS) is 27.4. The largest absolute Gasteiger partial charge is 0.342 e. The van der Waals surface area contributed by atoms with Gasteiger partial charge in [-0.1, -0.05) is 50.8 Å². The average molecular weight is 299 g/mol. The highest BCUT2D eigenvalue weighted by molar-refractivity contribution is 6.25. The van der Waals surface area contributed by atoms with Crippen LogP contribution in [0.5, 0.6) is 0 Å². The molecule has 1 heterocycles. The van der Waals surface area contributed by atoms with E-state index in [2.05, 4.69) is 5.32 Å². The van der Waals surface area contributed by atoms with Crippen molar-refractivity contribution in [2.45, 2.75) is 57.5 Å². The molecule has 1 saturated heterocycles. The van der Waals surface area contributed by atoms with Crippen LogP contribution in [0.4, 0.5) is 0 Å². The Bertz CT molecular complexity index is 416. The lowest BCUT2D eigenvalue weighted by atomic mass is 9.86. The predicted octanol–water partition coefficient (Wildman–Crippen LogP) is 2.42. The number of nitrogens with zero attached hydrogens (tertiary/aromatic N) is 1. The van der Waals surface area contributed by atoms with Gasteiger partial charge in [-0.2, -0.15) is 0 Å². The van der Waals surface area contributed by atoms with Crippen LogP contribution in [0.3, 0.4) is 0 Å². The average Bonchev–Trinajstić information content (AvgIpc) is 2.93. The van der Waals surface area contributed by atoms with Crippen LogP contribution in [-0.2, 0) is 9.59 Å². The summed E-state index contributed by atoms with van der Waals surface area (Å²) in [5.74, 6) is 0.200. The highest BCUT2D eigenvalue weighted by Crippen LogP contribution is 2.39. The topological polar surface area (TPSA) is 49.4 Å². The van der Waals surface area contributed by atoms with Gasteiger partial charge in [-0.15, -0.1) is 0 Å². The Morgan fingerprint density at radius 3 is 2.65 bits per heavy atom. The molecule has 0 bridgehead atoms. The highest BCUT2D eigenvalue weighted by atomic mass is 35.5. The molecule has 20 heavy (non-hydrogen) atoms. The predicted molar refractivity (Wildman–Crippen MR) is 79.3 cm³/mol. The summed E-state index contributed by atoms with van der Waals surface area (Å²) < 4.78 is 0. The first-order chi connectivity index (χ1) is 9.56. The van der Waals surface area contributed by atoms with Gasteiger partial charge in [0.1, 0.15) is 11.6 Å². The van der Waals surface area contributed by atoms with Gasteiger partial charge in [0, 0.05) is 12.1 Å². The second kappa shape index (κ2) is 6.17. The summed E-state index contributed by atoms with van der Waals surface area (Å²) in [5.41, 5.74) is 0.776. The molecule has 0 aromatic rings. The first-order valence-electron chi connectivity index (χ1n) is 7.44. The molecule has 5 heteroatoms. The van der Waals surface area contributed by atoms with E-state index in [1.54, 1.807) is 11.0 Å². The molecule has 1 N–H and O–H groups in total. The van der Waals surface area contributed by atoms with E-state index in [0.29, 0.717) is 6.54 Å². The minimum absolute atomic E-state index is 0.0165. The van der Waals surface area contributed by atoms with Crippen molar-refractivity contribution in [3.8, 4) is 0 Å². The lowest BCUT2D eigenvalue weighted by Crippen LogP contribution is -2.70. The molecule has 0 radical (unpaired) electrons. The van der Waals surface area contributed by atoms with E-state index in [4.69, 9.17) is 11.6 Å². The van der Waals surface area contributed by atoms with Crippen molar-refractivity contribution in [2.24, 2.45) is 5.92 Å². The van der Waals surface area contributed by atoms with Crippen LogP contribution in [0.15, 0.2) is 11.6 Å². The number of carbonyl (C=O) groups is 2. The van der Waals surface area contributed by atoms with Crippen LogP contribution >= 0.6 is 11.6 Å². The number of amides is 2. The van der Waals surface area contributed by atoms with Gasteiger partial charge in [0.05, 0.1) is 0 Å². The minimum Gasteiger partial charge on any atom is -0.342 e. The van der Waals surface area contributed by atoms with Gasteiger partial charge in [0.15, 0.2) is 0 Å². The second-order valence-corrected chi connectivity index (χ2v) is 6.14. The van der Waals surface area contributed by atoms with Crippen molar-refractivity contribution >= 4 is 23.4 Å². The monoisotopic (exact) mass is 298 g/mol. The molecule has 4 nitrogen and oxygen atoms in total.